The fourth-order valence-electron chi connectivity index (χ4n) is 3.24. The number of aromatic hydroxyl groups is 1. The Hall–Kier alpha value is -3.54. The van der Waals surface area contributed by atoms with E-state index in [9.17, 15) is 9.90 Å². The van der Waals surface area contributed by atoms with Crippen molar-refractivity contribution in [3.8, 4) is 28.3 Å². The largest absolute Gasteiger partial charge is 0.493 e. The average molecular weight is 360 g/mol. The lowest BCUT2D eigenvalue weighted by Crippen LogP contribution is -2.18. The van der Waals surface area contributed by atoms with Gasteiger partial charge in [-0.2, -0.15) is 0 Å². The van der Waals surface area contributed by atoms with E-state index in [4.69, 9.17) is 0 Å². The molecule has 27 heavy (non-hydrogen) atoms. The average Bonchev–Trinajstić information content (AvgIpc) is 3.31. The molecule has 2 heterocycles. The molecule has 4 rings (SSSR count). The Morgan fingerprint density at radius 2 is 1.63 bits per heavy atom. The van der Waals surface area contributed by atoms with Gasteiger partial charge in [0.05, 0.1) is 6.33 Å². The SMILES string of the molecule is O=c1[nH]c(O)c(-c2ccc(-c3ccccc3)cc2)n1CCCn1ccnc1. The molecule has 0 aliphatic heterocycles. The van der Waals surface area contributed by atoms with Crippen molar-refractivity contribution in [2.75, 3.05) is 0 Å². The summed E-state index contributed by atoms with van der Waals surface area (Å²) >= 11 is 0. The molecule has 0 bridgehead atoms. The third-order valence-corrected chi connectivity index (χ3v) is 4.59. The summed E-state index contributed by atoms with van der Waals surface area (Å²) in [6.45, 7) is 1.26. The first-order valence-electron chi connectivity index (χ1n) is 8.86. The van der Waals surface area contributed by atoms with Crippen molar-refractivity contribution in [2.45, 2.75) is 19.5 Å². The van der Waals surface area contributed by atoms with E-state index >= 15 is 0 Å². The zero-order valence-electron chi connectivity index (χ0n) is 14.7. The highest BCUT2D eigenvalue weighted by molar-refractivity contribution is 5.71. The Morgan fingerprint density at radius 3 is 2.33 bits per heavy atom. The Morgan fingerprint density at radius 1 is 0.926 bits per heavy atom. The van der Waals surface area contributed by atoms with Crippen LogP contribution in [0, 0.1) is 0 Å². The standard InChI is InChI=1S/C21H20N4O2/c26-20-19(18-9-7-17(8-10-18)16-5-2-1-3-6-16)25(21(27)23-20)13-4-12-24-14-11-22-15-24/h1-3,5-11,14-15,26H,4,12-13H2,(H,23,27). The molecule has 4 aromatic rings. The third kappa shape index (κ3) is 3.55. The molecule has 0 unspecified atom stereocenters. The van der Waals surface area contributed by atoms with Crippen LogP contribution in [0.1, 0.15) is 6.42 Å². The molecule has 0 saturated heterocycles. The number of rotatable bonds is 6. The second-order valence-electron chi connectivity index (χ2n) is 6.38. The van der Waals surface area contributed by atoms with Crippen molar-refractivity contribution in [1.82, 2.24) is 19.1 Å². The van der Waals surface area contributed by atoms with E-state index in [1.54, 1.807) is 17.1 Å². The first-order valence-corrected chi connectivity index (χ1v) is 8.86. The summed E-state index contributed by atoms with van der Waals surface area (Å²) in [6, 6.07) is 17.9. The molecule has 0 radical (unpaired) electrons. The number of imidazole rings is 2. The zero-order valence-corrected chi connectivity index (χ0v) is 14.7. The van der Waals surface area contributed by atoms with E-state index in [1.807, 2.05) is 53.2 Å². The van der Waals surface area contributed by atoms with Crippen LogP contribution in [0.4, 0.5) is 0 Å². The Labute approximate surface area is 156 Å². The van der Waals surface area contributed by atoms with Crippen LogP contribution in [-0.2, 0) is 13.1 Å². The van der Waals surface area contributed by atoms with Crippen LogP contribution < -0.4 is 5.69 Å². The molecule has 0 amide bonds. The minimum atomic E-state index is -0.305. The smallest absolute Gasteiger partial charge is 0.328 e. The van der Waals surface area contributed by atoms with Gasteiger partial charge in [-0.1, -0.05) is 54.6 Å². The molecule has 0 spiro atoms. The molecule has 2 N–H and O–H groups in total. The molecule has 2 aromatic heterocycles. The number of nitrogens with one attached hydrogen (secondary N) is 1. The van der Waals surface area contributed by atoms with Gasteiger partial charge in [0.25, 0.3) is 0 Å². The molecule has 0 atom stereocenters. The molecule has 2 aromatic carbocycles. The van der Waals surface area contributed by atoms with Crippen molar-refractivity contribution < 1.29 is 5.11 Å². The molecule has 136 valence electrons. The number of hydrogen-bond acceptors (Lipinski definition) is 3. The van der Waals surface area contributed by atoms with Crippen molar-refractivity contribution in [3.63, 3.8) is 0 Å². The quantitative estimate of drug-likeness (QED) is 0.552. The van der Waals surface area contributed by atoms with E-state index in [-0.39, 0.29) is 11.6 Å². The topological polar surface area (TPSA) is 75.8 Å². The summed E-state index contributed by atoms with van der Waals surface area (Å²) in [6.07, 6.45) is 6.12. The van der Waals surface area contributed by atoms with Gasteiger partial charge in [0.2, 0.25) is 5.88 Å². The van der Waals surface area contributed by atoms with E-state index in [2.05, 4.69) is 22.1 Å². The third-order valence-electron chi connectivity index (χ3n) is 4.59. The monoisotopic (exact) mass is 360 g/mol. The number of H-pyrrole nitrogens is 1. The Kier molecular flexibility index (Phi) is 4.61. The van der Waals surface area contributed by atoms with E-state index < -0.39 is 0 Å². The van der Waals surface area contributed by atoms with Crippen LogP contribution in [0.2, 0.25) is 0 Å². The number of aromatic amines is 1. The van der Waals surface area contributed by atoms with Gasteiger partial charge < -0.3 is 9.67 Å². The molecular weight excluding hydrogens is 340 g/mol. The second kappa shape index (κ2) is 7.37. The Balaban J connectivity index is 1.58. The lowest BCUT2D eigenvalue weighted by molar-refractivity contribution is 0.457. The van der Waals surface area contributed by atoms with Gasteiger partial charge in [0.15, 0.2) is 0 Å². The van der Waals surface area contributed by atoms with Gasteiger partial charge in [-0.3, -0.25) is 9.55 Å². The van der Waals surface area contributed by atoms with Crippen LogP contribution in [0.25, 0.3) is 22.4 Å². The van der Waals surface area contributed by atoms with Crippen LogP contribution in [-0.4, -0.2) is 24.2 Å². The highest BCUT2D eigenvalue weighted by Gasteiger charge is 2.15. The molecule has 0 aliphatic rings. The molecule has 0 aliphatic carbocycles. The maximum absolute atomic E-state index is 12.2. The van der Waals surface area contributed by atoms with Gasteiger partial charge in [-0.15, -0.1) is 0 Å². The number of benzene rings is 2. The molecular formula is C21H20N4O2. The fraction of sp³-hybridized carbons (Fsp3) is 0.143. The summed E-state index contributed by atoms with van der Waals surface area (Å²) in [5.41, 5.74) is 3.22. The summed E-state index contributed by atoms with van der Waals surface area (Å²) in [4.78, 5) is 18.8. The van der Waals surface area contributed by atoms with Gasteiger partial charge >= 0.3 is 5.69 Å². The van der Waals surface area contributed by atoms with Crippen molar-refractivity contribution >= 4 is 0 Å². The van der Waals surface area contributed by atoms with E-state index in [1.165, 1.54) is 0 Å². The van der Waals surface area contributed by atoms with Gasteiger partial charge in [0.1, 0.15) is 5.69 Å². The fourth-order valence-corrected chi connectivity index (χ4v) is 3.24. The predicted octanol–water partition coefficient (Wildman–Crippen LogP) is 3.50. The summed E-state index contributed by atoms with van der Waals surface area (Å²) in [7, 11) is 0. The van der Waals surface area contributed by atoms with E-state index in [0.29, 0.717) is 12.2 Å². The number of nitrogens with zero attached hydrogens (tertiary/aromatic N) is 3. The zero-order chi connectivity index (χ0) is 18.6. The lowest BCUT2D eigenvalue weighted by atomic mass is 10.0. The van der Waals surface area contributed by atoms with Gasteiger partial charge in [-0.25, -0.2) is 9.78 Å². The predicted molar refractivity (Wildman–Crippen MR) is 104 cm³/mol. The normalized spacial score (nSPS) is 11.0. The summed E-state index contributed by atoms with van der Waals surface area (Å²) < 4.78 is 3.55. The highest BCUT2D eigenvalue weighted by atomic mass is 16.3. The van der Waals surface area contributed by atoms with Crippen molar-refractivity contribution in [3.05, 3.63) is 83.8 Å². The van der Waals surface area contributed by atoms with Gasteiger partial charge in [0, 0.05) is 31.0 Å². The minimum absolute atomic E-state index is 0.102. The first kappa shape index (κ1) is 16.9. The molecule has 6 heteroatoms. The second-order valence-corrected chi connectivity index (χ2v) is 6.38. The van der Waals surface area contributed by atoms with Crippen LogP contribution in [0.5, 0.6) is 5.88 Å². The van der Waals surface area contributed by atoms with Crippen LogP contribution in [0.15, 0.2) is 78.1 Å². The number of aromatic nitrogens is 4. The number of aryl methyl sites for hydroxylation is 1. The molecule has 0 fully saturated rings. The van der Waals surface area contributed by atoms with Crippen molar-refractivity contribution in [2.24, 2.45) is 0 Å². The summed E-state index contributed by atoms with van der Waals surface area (Å²) in [5, 5.41) is 10.2. The minimum Gasteiger partial charge on any atom is -0.493 e. The van der Waals surface area contributed by atoms with Crippen LogP contribution in [0.3, 0.4) is 0 Å². The number of hydrogen-bond donors (Lipinski definition) is 2. The molecule has 0 saturated carbocycles. The van der Waals surface area contributed by atoms with Crippen LogP contribution >= 0.6 is 0 Å². The summed E-state index contributed by atoms with van der Waals surface area (Å²) in [5.74, 6) is -0.102. The van der Waals surface area contributed by atoms with Gasteiger partial charge in [-0.05, 0) is 17.5 Å². The maximum Gasteiger partial charge on any atom is 0.328 e. The molecule has 6 nitrogen and oxygen atoms in total. The highest BCUT2D eigenvalue weighted by Crippen LogP contribution is 2.29. The van der Waals surface area contributed by atoms with Crippen molar-refractivity contribution in [1.29, 1.82) is 0 Å². The maximum atomic E-state index is 12.2. The van der Waals surface area contributed by atoms with E-state index in [0.717, 1.165) is 29.7 Å². The first-order chi connectivity index (χ1) is 13.2. The Bertz CT molecular complexity index is 1060. The lowest BCUT2D eigenvalue weighted by Gasteiger charge is -2.09.